The van der Waals surface area contributed by atoms with Crippen LogP contribution in [0.15, 0.2) is 53.3 Å². The molecule has 3 rings (SSSR count). The molecule has 0 atom stereocenters. The molecule has 2 aromatic heterocycles. The molecule has 0 unspecified atom stereocenters. The standard InChI is InChI=1S/C14H9FN4O2/c15-12-3-1-2-11(18-12)13(20)17-10-6-4-9(5-7-10)14-19-16-8-21-14/h1-8H,(H,17,20). The molecular formula is C14H9FN4O2. The zero-order valence-corrected chi connectivity index (χ0v) is 10.7. The minimum absolute atomic E-state index is 0.0102. The van der Waals surface area contributed by atoms with Crippen molar-refractivity contribution < 1.29 is 13.6 Å². The molecule has 0 aliphatic heterocycles. The summed E-state index contributed by atoms with van der Waals surface area (Å²) in [6.07, 6.45) is 1.24. The maximum Gasteiger partial charge on any atom is 0.274 e. The molecule has 0 fully saturated rings. The first-order valence-electron chi connectivity index (χ1n) is 6.03. The number of hydrogen-bond acceptors (Lipinski definition) is 5. The van der Waals surface area contributed by atoms with Crippen molar-refractivity contribution in [2.45, 2.75) is 0 Å². The SMILES string of the molecule is O=C(Nc1ccc(-c2nnco2)cc1)c1cccc(F)n1. The van der Waals surface area contributed by atoms with Gasteiger partial charge >= 0.3 is 0 Å². The van der Waals surface area contributed by atoms with Crippen LogP contribution < -0.4 is 5.32 Å². The molecular weight excluding hydrogens is 275 g/mol. The van der Waals surface area contributed by atoms with Crippen molar-refractivity contribution >= 4 is 11.6 Å². The number of nitrogens with one attached hydrogen (secondary N) is 1. The zero-order valence-electron chi connectivity index (χ0n) is 10.7. The maximum absolute atomic E-state index is 13.0. The van der Waals surface area contributed by atoms with E-state index in [0.717, 1.165) is 5.56 Å². The number of halogens is 1. The van der Waals surface area contributed by atoms with Gasteiger partial charge in [-0.15, -0.1) is 10.2 Å². The second-order valence-electron chi connectivity index (χ2n) is 4.12. The lowest BCUT2D eigenvalue weighted by molar-refractivity contribution is 0.102. The molecule has 1 amide bonds. The number of carbonyl (C=O) groups is 1. The lowest BCUT2D eigenvalue weighted by Gasteiger charge is -2.05. The number of benzene rings is 1. The van der Waals surface area contributed by atoms with Crippen LogP contribution >= 0.6 is 0 Å². The molecule has 0 radical (unpaired) electrons. The average Bonchev–Trinajstić information content (AvgIpc) is 3.02. The summed E-state index contributed by atoms with van der Waals surface area (Å²) in [6, 6.07) is 10.8. The Hall–Kier alpha value is -3.09. The lowest BCUT2D eigenvalue weighted by Crippen LogP contribution is -2.14. The molecule has 1 aromatic carbocycles. The molecule has 21 heavy (non-hydrogen) atoms. The van der Waals surface area contributed by atoms with Gasteiger partial charge in [0.05, 0.1) is 0 Å². The number of rotatable bonds is 3. The van der Waals surface area contributed by atoms with Crippen LogP contribution in [-0.2, 0) is 0 Å². The van der Waals surface area contributed by atoms with Gasteiger partial charge in [0.1, 0.15) is 5.69 Å². The highest BCUT2D eigenvalue weighted by atomic mass is 19.1. The van der Waals surface area contributed by atoms with Gasteiger partial charge in [-0.05, 0) is 36.4 Å². The second kappa shape index (κ2) is 5.49. The van der Waals surface area contributed by atoms with E-state index < -0.39 is 11.9 Å². The summed E-state index contributed by atoms with van der Waals surface area (Å²) in [5.41, 5.74) is 1.29. The summed E-state index contributed by atoms with van der Waals surface area (Å²) in [4.78, 5) is 15.4. The number of pyridine rings is 1. The first-order valence-corrected chi connectivity index (χ1v) is 6.03. The van der Waals surface area contributed by atoms with Crippen LogP contribution in [0, 0.1) is 5.95 Å². The zero-order chi connectivity index (χ0) is 14.7. The Morgan fingerprint density at radius 1 is 1.14 bits per heavy atom. The van der Waals surface area contributed by atoms with Crippen LogP contribution in [-0.4, -0.2) is 21.1 Å². The highest BCUT2D eigenvalue weighted by Gasteiger charge is 2.09. The van der Waals surface area contributed by atoms with Crippen molar-refractivity contribution in [2.24, 2.45) is 0 Å². The fourth-order valence-electron chi connectivity index (χ4n) is 1.72. The highest BCUT2D eigenvalue weighted by Crippen LogP contribution is 2.19. The first kappa shape index (κ1) is 12.9. The van der Waals surface area contributed by atoms with Crippen molar-refractivity contribution in [3.8, 4) is 11.5 Å². The van der Waals surface area contributed by atoms with E-state index in [0.29, 0.717) is 11.6 Å². The van der Waals surface area contributed by atoms with Gasteiger partial charge in [-0.2, -0.15) is 4.39 Å². The minimum atomic E-state index is -0.700. The van der Waals surface area contributed by atoms with Crippen molar-refractivity contribution in [2.75, 3.05) is 5.32 Å². The van der Waals surface area contributed by atoms with Crippen LogP contribution in [0.2, 0.25) is 0 Å². The topological polar surface area (TPSA) is 80.9 Å². The third-order valence-electron chi connectivity index (χ3n) is 2.70. The smallest absolute Gasteiger partial charge is 0.274 e. The van der Waals surface area contributed by atoms with Gasteiger partial charge < -0.3 is 9.73 Å². The number of nitrogens with zero attached hydrogens (tertiary/aromatic N) is 3. The quantitative estimate of drug-likeness (QED) is 0.747. The Kier molecular flexibility index (Phi) is 3.38. The fourth-order valence-corrected chi connectivity index (χ4v) is 1.72. The van der Waals surface area contributed by atoms with Crippen LogP contribution in [0.5, 0.6) is 0 Å². The van der Waals surface area contributed by atoms with Gasteiger partial charge in [-0.3, -0.25) is 4.79 Å². The monoisotopic (exact) mass is 284 g/mol. The molecule has 6 nitrogen and oxygen atoms in total. The molecule has 0 aliphatic carbocycles. The molecule has 104 valence electrons. The summed E-state index contributed by atoms with van der Waals surface area (Å²) in [5, 5.41) is 9.99. The van der Waals surface area contributed by atoms with Crippen LogP contribution in [0.25, 0.3) is 11.5 Å². The van der Waals surface area contributed by atoms with Crippen molar-refractivity contribution in [3.05, 3.63) is 60.5 Å². The Balaban J connectivity index is 1.75. The fraction of sp³-hybridized carbons (Fsp3) is 0. The van der Waals surface area contributed by atoms with E-state index in [2.05, 4.69) is 20.5 Å². The Labute approximate surface area is 118 Å². The summed E-state index contributed by atoms with van der Waals surface area (Å²) >= 11 is 0. The molecule has 0 spiro atoms. The molecule has 2 heterocycles. The molecule has 0 saturated heterocycles. The number of hydrogen-bond donors (Lipinski definition) is 1. The van der Waals surface area contributed by atoms with E-state index in [-0.39, 0.29) is 5.69 Å². The first-order chi connectivity index (χ1) is 10.2. The van der Waals surface area contributed by atoms with Crippen molar-refractivity contribution in [3.63, 3.8) is 0 Å². The number of carbonyl (C=O) groups excluding carboxylic acids is 1. The highest BCUT2D eigenvalue weighted by molar-refractivity contribution is 6.02. The molecule has 7 heteroatoms. The van der Waals surface area contributed by atoms with Gasteiger partial charge in [0.25, 0.3) is 5.91 Å². The van der Waals surface area contributed by atoms with Crippen LogP contribution in [0.3, 0.4) is 0 Å². The molecule has 0 saturated carbocycles. The van der Waals surface area contributed by atoms with E-state index in [1.807, 2.05) is 0 Å². The number of amides is 1. The third kappa shape index (κ3) is 2.92. The average molecular weight is 284 g/mol. The van der Waals surface area contributed by atoms with E-state index in [1.165, 1.54) is 24.6 Å². The number of anilines is 1. The lowest BCUT2D eigenvalue weighted by atomic mass is 10.2. The predicted molar refractivity (Wildman–Crippen MR) is 71.9 cm³/mol. The van der Waals surface area contributed by atoms with Gasteiger partial charge in [0, 0.05) is 11.3 Å². The third-order valence-corrected chi connectivity index (χ3v) is 2.70. The van der Waals surface area contributed by atoms with E-state index in [4.69, 9.17) is 4.42 Å². The van der Waals surface area contributed by atoms with E-state index in [1.54, 1.807) is 24.3 Å². The Bertz CT molecular complexity index is 757. The van der Waals surface area contributed by atoms with E-state index >= 15 is 0 Å². The van der Waals surface area contributed by atoms with Crippen molar-refractivity contribution in [1.82, 2.24) is 15.2 Å². The summed E-state index contributed by atoms with van der Waals surface area (Å²) in [7, 11) is 0. The Morgan fingerprint density at radius 2 is 1.95 bits per heavy atom. The van der Waals surface area contributed by atoms with Gasteiger partial charge in [0.2, 0.25) is 18.2 Å². The number of aromatic nitrogens is 3. The Morgan fingerprint density at radius 3 is 2.62 bits per heavy atom. The summed E-state index contributed by atoms with van der Waals surface area (Å²) < 4.78 is 18.0. The molecule has 0 bridgehead atoms. The van der Waals surface area contributed by atoms with Gasteiger partial charge in [-0.1, -0.05) is 6.07 Å². The van der Waals surface area contributed by atoms with E-state index in [9.17, 15) is 9.18 Å². The minimum Gasteiger partial charge on any atom is -0.423 e. The van der Waals surface area contributed by atoms with Crippen molar-refractivity contribution in [1.29, 1.82) is 0 Å². The largest absolute Gasteiger partial charge is 0.423 e. The van der Waals surface area contributed by atoms with Gasteiger partial charge in [0.15, 0.2) is 0 Å². The maximum atomic E-state index is 13.0. The van der Waals surface area contributed by atoms with Crippen LogP contribution in [0.1, 0.15) is 10.5 Å². The molecule has 1 N–H and O–H groups in total. The summed E-state index contributed by atoms with van der Waals surface area (Å²) in [5.74, 6) is -0.797. The second-order valence-corrected chi connectivity index (χ2v) is 4.12. The molecule has 0 aliphatic rings. The molecule has 3 aromatic rings. The van der Waals surface area contributed by atoms with Gasteiger partial charge in [-0.25, -0.2) is 4.98 Å². The normalized spacial score (nSPS) is 10.3. The van der Waals surface area contributed by atoms with Crippen LogP contribution in [0.4, 0.5) is 10.1 Å². The summed E-state index contributed by atoms with van der Waals surface area (Å²) in [6.45, 7) is 0. The predicted octanol–water partition coefficient (Wildman–Crippen LogP) is 2.52.